The molecule has 56 heavy (non-hydrogen) atoms. The van der Waals surface area contributed by atoms with E-state index in [9.17, 15) is 19.8 Å². The number of amides is 2. The first-order chi connectivity index (χ1) is 27.0. The fourth-order valence-electron chi connectivity index (χ4n) is 7.61. The average Bonchev–Trinajstić information content (AvgIpc) is 3.63. The molecule has 14 nitrogen and oxygen atoms in total. The smallest absolute Gasteiger partial charge is 0.407 e. The molecule has 4 aromatic heterocycles. The maximum Gasteiger partial charge on any atom is 0.407 e. The van der Waals surface area contributed by atoms with Gasteiger partial charge in [0.2, 0.25) is 11.8 Å². The molecule has 1 aliphatic heterocycles. The number of pyridine rings is 3. The number of aliphatic hydroxyl groups excluding tert-OH is 1. The average molecular weight is 804 g/mol. The zero-order valence-electron chi connectivity index (χ0n) is 31.4. The fraction of sp³-hybridized carbons (Fsp3) is 0.400. The maximum atomic E-state index is 12.4. The molecule has 0 spiro atoms. The van der Waals surface area contributed by atoms with Crippen LogP contribution < -0.4 is 14.8 Å². The van der Waals surface area contributed by atoms with Gasteiger partial charge >= 0.3 is 6.09 Å². The summed E-state index contributed by atoms with van der Waals surface area (Å²) in [6.07, 6.45) is 6.72. The number of likely N-dealkylation sites (tertiary alicyclic amines) is 1. The second kappa shape index (κ2) is 17.0. The molecule has 2 fully saturated rings. The summed E-state index contributed by atoms with van der Waals surface area (Å²) in [6.45, 7) is 3.10. The Hall–Kier alpha value is -5.02. The molecule has 294 valence electrons. The summed E-state index contributed by atoms with van der Waals surface area (Å²) < 4.78 is 13.1. The molecule has 3 N–H and O–H groups in total. The van der Waals surface area contributed by atoms with Gasteiger partial charge in [-0.15, -0.1) is 5.10 Å². The minimum absolute atomic E-state index is 0.0112. The summed E-state index contributed by atoms with van der Waals surface area (Å²) in [5.41, 5.74) is 4.82. The number of piperidine rings is 1. The van der Waals surface area contributed by atoms with Crippen LogP contribution in [0.1, 0.15) is 56.8 Å². The number of rotatable bonds is 11. The molecular weight excluding hydrogens is 759 g/mol. The Labute approximate surface area is 334 Å². The van der Waals surface area contributed by atoms with Gasteiger partial charge in [0.1, 0.15) is 0 Å². The van der Waals surface area contributed by atoms with Gasteiger partial charge in [-0.1, -0.05) is 41.4 Å². The van der Waals surface area contributed by atoms with Gasteiger partial charge in [0.15, 0.2) is 17.2 Å². The molecule has 2 amide bonds. The predicted octanol–water partition coefficient (Wildman–Crippen LogP) is 6.73. The molecule has 16 heteroatoms. The van der Waals surface area contributed by atoms with Crippen LogP contribution in [0.2, 0.25) is 10.0 Å². The number of hydrogen-bond acceptors (Lipinski definition) is 10. The van der Waals surface area contributed by atoms with Crippen LogP contribution in [0.15, 0.2) is 54.9 Å². The van der Waals surface area contributed by atoms with Gasteiger partial charge < -0.3 is 34.8 Å². The predicted molar refractivity (Wildman–Crippen MR) is 212 cm³/mol. The molecule has 5 aromatic rings. The van der Waals surface area contributed by atoms with Crippen molar-refractivity contribution in [3.8, 4) is 45.3 Å². The number of ether oxygens (including phenoxy) is 2. The van der Waals surface area contributed by atoms with Crippen molar-refractivity contribution in [3.05, 3.63) is 76.3 Å². The summed E-state index contributed by atoms with van der Waals surface area (Å²) in [5, 5.41) is 29.0. The summed E-state index contributed by atoms with van der Waals surface area (Å²) >= 11 is 14.3. The monoisotopic (exact) mass is 802 g/mol. The number of halogens is 2. The molecular formula is C40H44Cl2N8O6. The normalized spacial score (nSPS) is 17.6. The van der Waals surface area contributed by atoms with Crippen molar-refractivity contribution in [2.75, 3.05) is 27.3 Å². The van der Waals surface area contributed by atoms with E-state index in [2.05, 4.69) is 10.3 Å². The molecule has 1 saturated heterocycles. The van der Waals surface area contributed by atoms with Crippen LogP contribution >= 0.6 is 23.2 Å². The lowest BCUT2D eigenvalue weighted by atomic mass is 9.93. The Balaban J connectivity index is 1.14. The van der Waals surface area contributed by atoms with Crippen molar-refractivity contribution < 1.29 is 29.3 Å². The van der Waals surface area contributed by atoms with E-state index in [0.717, 1.165) is 25.7 Å². The number of aliphatic hydroxyl groups is 1. The number of methoxy groups -OCH3 is 2. The number of nitrogens with zero attached hydrogens (tertiary/aromatic N) is 7. The van der Waals surface area contributed by atoms with Crippen LogP contribution in [-0.4, -0.2) is 102 Å². The van der Waals surface area contributed by atoms with Crippen molar-refractivity contribution in [1.29, 1.82) is 0 Å². The van der Waals surface area contributed by atoms with Gasteiger partial charge in [-0.05, 0) is 62.8 Å². The summed E-state index contributed by atoms with van der Waals surface area (Å²) in [6, 6.07) is 12.9. The van der Waals surface area contributed by atoms with Crippen molar-refractivity contribution in [2.24, 2.45) is 0 Å². The molecule has 1 aliphatic carbocycles. The highest BCUT2D eigenvalue weighted by molar-refractivity contribution is 6.39. The van der Waals surface area contributed by atoms with E-state index in [1.807, 2.05) is 30.5 Å². The molecule has 0 radical (unpaired) electrons. The second-order valence-electron chi connectivity index (χ2n) is 14.2. The van der Waals surface area contributed by atoms with Crippen LogP contribution in [0.4, 0.5) is 4.79 Å². The third-order valence-electron chi connectivity index (χ3n) is 10.7. The Morgan fingerprint density at radius 3 is 2.38 bits per heavy atom. The van der Waals surface area contributed by atoms with E-state index in [1.165, 1.54) is 18.9 Å². The van der Waals surface area contributed by atoms with E-state index in [0.29, 0.717) is 105 Å². The zero-order valence-corrected chi connectivity index (χ0v) is 32.9. The van der Waals surface area contributed by atoms with E-state index >= 15 is 0 Å². The first-order valence-electron chi connectivity index (χ1n) is 18.6. The number of hydrogen-bond donors (Lipinski definition) is 3. The largest absolute Gasteiger partial charge is 0.493 e. The number of nitrogens with one attached hydrogen (secondary N) is 1. The van der Waals surface area contributed by atoms with Gasteiger partial charge in [-0.2, -0.15) is 0 Å². The first kappa shape index (κ1) is 39.2. The number of aromatic nitrogens is 5. The van der Waals surface area contributed by atoms with Crippen molar-refractivity contribution in [1.82, 2.24) is 39.7 Å². The highest BCUT2D eigenvalue weighted by atomic mass is 35.5. The lowest BCUT2D eigenvalue weighted by Gasteiger charge is -2.37. The molecule has 7 rings (SSSR count). The summed E-state index contributed by atoms with van der Waals surface area (Å²) in [7, 11) is 3.07. The van der Waals surface area contributed by atoms with Crippen LogP contribution in [-0.2, 0) is 17.9 Å². The topological polar surface area (TPSA) is 168 Å². The maximum absolute atomic E-state index is 12.4. The Morgan fingerprint density at radius 1 is 0.946 bits per heavy atom. The van der Waals surface area contributed by atoms with Gasteiger partial charge in [-0.25, -0.2) is 19.3 Å². The van der Waals surface area contributed by atoms with Crippen molar-refractivity contribution in [2.45, 2.75) is 76.7 Å². The Morgan fingerprint density at radius 2 is 1.68 bits per heavy atom. The molecule has 1 aromatic carbocycles. The van der Waals surface area contributed by atoms with Gasteiger partial charge in [0, 0.05) is 72.3 Å². The number of benzene rings is 1. The second-order valence-corrected chi connectivity index (χ2v) is 14.9. The molecule has 0 bridgehead atoms. The Kier molecular flexibility index (Phi) is 11.9. The van der Waals surface area contributed by atoms with E-state index in [-0.39, 0.29) is 30.5 Å². The molecule has 1 saturated carbocycles. The molecule has 2 aliphatic rings. The van der Waals surface area contributed by atoms with Gasteiger partial charge in [-0.3, -0.25) is 9.78 Å². The van der Waals surface area contributed by atoms with Crippen LogP contribution in [0, 0.1) is 0 Å². The van der Waals surface area contributed by atoms with Gasteiger partial charge in [0.05, 0.1) is 54.8 Å². The van der Waals surface area contributed by atoms with Gasteiger partial charge in [0.25, 0.3) is 0 Å². The third kappa shape index (κ3) is 8.24. The lowest BCUT2D eigenvalue weighted by Crippen LogP contribution is -2.47. The van der Waals surface area contributed by atoms with Crippen molar-refractivity contribution >= 4 is 40.8 Å². The molecule has 0 atom stereocenters. The van der Waals surface area contributed by atoms with E-state index in [4.69, 9.17) is 47.7 Å². The quantitative estimate of drug-likeness (QED) is 0.130. The van der Waals surface area contributed by atoms with Crippen molar-refractivity contribution in [3.63, 3.8) is 0 Å². The highest BCUT2D eigenvalue weighted by Crippen LogP contribution is 2.42. The van der Waals surface area contributed by atoms with E-state index in [1.54, 1.807) is 40.9 Å². The minimum atomic E-state index is -1.05. The minimum Gasteiger partial charge on any atom is -0.493 e. The van der Waals surface area contributed by atoms with Crippen LogP contribution in [0.25, 0.3) is 39.3 Å². The zero-order chi connectivity index (χ0) is 39.5. The highest BCUT2D eigenvalue weighted by Gasteiger charge is 2.30. The summed E-state index contributed by atoms with van der Waals surface area (Å²) in [4.78, 5) is 41.4. The third-order valence-corrected chi connectivity index (χ3v) is 11.5. The van der Waals surface area contributed by atoms with E-state index < -0.39 is 6.09 Å². The number of carbonyl (C=O) groups excluding carboxylic acids is 1. The Bertz CT molecular complexity index is 2240. The molecule has 0 unspecified atom stereocenters. The fourth-order valence-corrected chi connectivity index (χ4v) is 8.25. The lowest BCUT2D eigenvalue weighted by molar-refractivity contribution is -0.130. The summed E-state index contributed by atoms with van der Waals surface area (Å²) in [5.74, 6) is 1.40. The number of carboxylic acid groups (broad SMARTS) is 1. The first-order valence-corrected chi connectivity index (χ1v) is 19.4. The number of carbonyl (C=O) groups is 2. The van der Waals surface area contributed by atoms with Crippen LogP contribution in [0.5, 0.6) is 11.6 Å². The molecule has 5 heterocycles. The SMILES string of the molecule is COc1nc(-c2cccc(-c3ccnc(-c4cc(OC)c5nc(CN[C@H]6CC[C@H](O)CC6)nn5c4)c3Cl)c2Cl)ccc1CN(C(=O)O)C1CCN(C(C)=O)CC1. The number of fused-ring (bicyclic) bond motifs is 1. The standard InChI is InChI=1S/C40H44Cl2N8O6/c1-23(51)48-17-14-27(15-18-48)49(40(53)54)21-24-7-12-32(45-39(24)56-3)31-6-4-5-29(35(31)41)30-13-16-43-37(36(30)42)25-19-33(55-2)38-46-34(47-50(38)22-25)20-44-26-8-10-28(52)11-9-26/h4-7,12-13,16,19,22,26-28,44,52H,8-11,14-15,17-18,20-21H2,1-3H3,(H,53,54)/t26-,28-. The van der Waals surface area contributed by atoms with Crippen LogP contribution in [0.3, 0.4) is 0 Å².